The summed E-state index contributed by atoms with van der Waals surface area (Å²) in [5.74, 6) is -0.110. The van der Waals surface area contributed by atoms with Crippen molar-refractivity contribution in [2.24, 2.45) is 0 Å². The number of hydrogen-bond donors (Lipinski definition) is 1. The molecule has 0 aliphatic carbocycles. The quantitative estimate of drug-likeness (QED) is 0.834. The summed E-state index contributed by atoms with van der Waals surface area (Å²) in [4.78, 5) is 4.62. The summed E-state index contributed by atoms with van der Waals surface area (Å²) in [6.45, 7) is 10.4. The maximum absolute atomic E-state index is 13.8. The zero-order valence-electron chi connectivity index (χ0n) is 13.3. The number of para-hydroxylation sites is 1. The first-order chi connectivity index (χ1) is 10.2. The van der Waals surface area contributed by atoms with Crippen LogP contribution in [0.1, 0.15) is 26.7 Å². The van der Waals surface area contributed by atoms with Gasteiger partial charge in [0.1, 0.15) is 5.82 Å². The second-order valence-electron chi connectivity index (χ2n) is 5.75. The van der Waals surface area contributed by atoms with Crippen molar-refractivity contribution in [1.82, 2.24) is 10.2 Å². The van der Waals surface area contributed by atoms with Gasteiger partial charge in [0.25, 0.3) is 0 Å². The van der Waals surface area contributed by atoms with Crippen molar-refractivity contribution in [1.29, 1.82) is 0 Å². The maximum Gasteiger partial charge on any atom is 0.146 e. The molecular formula is C17H28FN3. The van der Waals surface area contributed by atoms with E-state index in [1.54, 1.807) is 12.1 Å². The third kappa shape index (κ3) is 4.68. The fourth-order valence-corrected chi connectivity index (χ4v) is 2.92. The van der Waals surface area contributed by atoms with Crippen molar-refractivity contribution in [3.8, 4) is 0 Å². The number of nitrogens with zero attached hydrogens (tertiary/aromatic N) is 2. The standard InChI is InChI=1S/C17H28FN3/c1-3-15(4-2)19-9-10-20-11-13-21(14-12-20)17-8-6-5-7-16(17)18/h5-8,15,19H,3-4,9-14H2,1-2H3. The Balaban J connectivity index is 1.72. The van der Waals surface area contributed by atoms with Gasteiger partial charge < -0.3 is 10.2 Å². The smallest absolute Gasteiger partial charge is 0.146 e. The molecule has 4 heteroatoms. The van der Waals surface area contributed by atoms with Crippen molar-refractivity contribution in [3.63, 3.8) is 0 Å². The van der Waals surface area contributed by atoms with E-state index in [-0.39, 0.29) is 5.82 Å². The molecule has 0 saturated carbocycles. The van der Waals surface area contributed by atoms with Crippen LogP contribution < -0.4 is 10.2 Å². The monoisotopic (exact) mass is 293 g/mol. The molecule has 0 atom stereocenters. The molecule has 1 fully saturated rings. The third-order valence-corrected chi connectivity index (χ3v) is 4.41. The highest BCUT2D eigenvalue weighted by molar-refractivity contribution is 5.47. The first kappa shape index (κ1) is 16.2. The summed E-state index contributed by atoms with van der Waals surface area (Å²) in [7, 11) is 0. The van der Waals surface area contributed by atoms with Gasteiger partial charge in [-0.2, -0.15) is 0 Å². The third-order valence-electron chi connectivity index (χ3n) is 4.41. The molecule has 1 aliphatic rings. The fourth-order valence-electron chi connectivity index (χ4n) is 2.92. The van der Waals surface area contributed by atoms with Gasteiger partial charge in [-0.3, -0.25) is 4.90 Å². The minimum atomic E-state index is -0.110. The molecule has 3 nitrogen and oxygen atoms in total. The van der Waals surface area contributed by atoms with Crippen LogP contribution >= 0.6 is 0 Å². The van der Waals surface area contributed by atoms with Gasteiger partial charge in [-0.1, -0.05) is 26.0 Å². The second kappa shape index (κ2) is 8.35. The van der Waals surface area contributed by atoms with Gasteiger partial charge in [0.15, 0.2) is 0 Å². The Morgan fingerprint density at radius 2 is 1.76 bits per heavy atom. The molecule has 0 bridgehead atoms. The van der Waals surface area contributed by atoms with E-state index in [1.165, 1.54) is 12.8 Å². The van der Waals surface area contributed by atoms with E-state index in [4.69, 9.17) is 0 Å². The van der Waals surface area contributed by atoms with Crippen LogP contribution in [0, 0.1) is 5.82 Å². The van der Waals surface area contributed by atoms with E-state index >= 15 is 0 Å². The van der Waals surface area contributed by atoms with Gasteiger partial charge in [0.2, 0.25) is 0 Å². The van der Waals surface area contributed by atoms with Gasteiger partial charge >= 0.3 is 0 Å². The first-order valence-corrected chi connectivity index (χ1v) is 8.19. The average Bonchev–Trinajstić information content (AvgIpc) is 2.53. The van der Waals surface area contributed by atoms with E-state index in [2.05, 4.69) is 29.0 Å². The summed E-state index contributed by atoms with van der Waals surface area (Å²) in [5.41, 5.74) is 0.743. The molecule has 0 radical (unpaired) electrons. The Morgan fingerprint density at radius 3 is 2.38 bits per heavy atom. The molecule has 2 rings (SSSR count). The van der Waals surface area contributed by atoms with E-state index < -0.39 is 0 Å². The molecule has 1 N–H and O–H groups in total. The highest BCUT2D eigenvalue weighted by Gasteiger charge is 2.18. The molecule has 1 aliphatic heterocycles. The SMILES string of the molecule is CCC(CC)NCCN1CCN(c2ccccc2F)CC1. The van der Waals surface area contributed by atoms with Crippen molar-refractivity contribution < 1.29 is 4.39 Å². The molecule has 1 aromatic carbocycles. The molecule has 1 heterocycles. The number of halogens is 1. The van der Waals surface area contributed by atoms with Gasteiger partial charge in [0.05, 0.1) is 5.69 Å². The molecule has 21 heavy (non-hydrogen) atoms. The summed E-state index contributed by atoms with van der Waals surface area (Å²) in [6, 6.07) is 7.72. The van der Waals surface area contributed by atoms with Crippen LogP contribution in [0.3, 0.4) is 0 Å². The lowest BCUT2D eigenvalue weighted by molar-refractivity contribution is 0.252. The number of hydrogen-bond acceptors (Lipinski definition) is 3. The largest absolute Gasteiger partial charge is 0.367 e. The van der Waals surface area contributed by atoms with E-state index in [1.807, 2.05) is 12.1 Å². The topological polar surface area (TPSA) is 18.5 Å². The summed E-state index contributed by atoms with van der Waals surface area (Å²) in [6.07, 6.45) is 2.38. The van der Waals surface area contributed by atoms with Crippen LogP contribution in [0.4, 0.5) is 10.1 Å². The van der Waals surface area contributed by atoms with Gasteiger partial charge in [-0.25, -0.2) is 4.39 Å². The Labute approximate surface area is 128 Å². The molecular weight excluding hydrogens is 265 g/mol. The highest BCUT2D eigenvalue weighted by atomic mass is 19.1. The molecule has 1 aromatic rings. The Kier molecular flexibility index (Phi) is 6.46. The zero-order chi connectivity index (χ0) is 15.1. The lowest BCUT2D eigenvalue weighted by atomic mass is 10.2. The molecule has 0 unspecified atom stereocenters. The minimum absolute atomic E-state index is 0.110. The number of benzene rings is 1. The van der Waals surface area contributed by atoms with Crippen molar-refractivity contribution in [2.75, 3.05) is 44.2 Å². The highest BCUT2D eigenvalue weighted by Crippen LogP contribution is 2.19. The maximum atomic E-state index is 13.8. The van der Waals surface area contributed by atoms with E-state index in [0.717, 1.165) is 45.0 Å². The number of piperazine rings is 1. The molecule has 0 amide bonds. The Bertz CT molecular complexity index is 412. The normalized spacial score (nSPS) is 16.7. The van der Waals surface area contributed by atoms with Gasteiger partial charge in [-0.15, -0.1) is 0 Å². The van der Waals surface area contributed by atoms with Crippen LogP contribution in [0.25, 0.3) is 0 Å². The van der Waals surface area contributed by atoms with E-state index in [0.29, 0.717) is 6.04 Å². The fraction of sp³-hybridized carbons (Fsp3) is 0.647. The lowest BCUT2D eigenvalue weighted by Crippen LogP contribution is -2.49. The lowest BCUT2D eigenvalue weighted by Gasteiger charge is -2.36. The van der Waals surface area contributed by atoms with Crippen molar-refractivity contribution in [2.45, 2.75) is 32.7 Å². The summed E-state index contributed by atoms with van der Waals surface area (Å²) < 4.78 is 13.8. The number of anilines is 1. The molecule has 118 valence electrons. The van der Waals surface area contributed by atoms with Gasteiger partial charge in [0, 0.05) is 45.3 Å². The Hall–Kier alpha value is -1.13. The van der Waals surface area contributed by atoms with E-state index in [9.17, 15) is 4.39 Å². The minimum Gasteiger partial charge on any atom is -0.367 e. The molecule has 1 saturated heterocycles. The van der Waals surface area contributed by atoms with Crippen LogP contribution in [-0.4, -0.2) is 50.2 Å². The van der Waals surface area contributed by atoms with Crippen molar-refractivity contribution >= 4 is 5.69 Å². The Morgan fingerprint density at radius 1 is 1.10 bits per heavy atom. The average molecular weight is 293 g/mol. The van der Waals surface area contributed by atoms with Crippen LogP contribution in [0.2, 0.25) is 0 Å². The van der Waals surface area contributed by atoms with Crippen LogP contribution in [-0.2, 0) is 0 Å². The van der Waals surface area contributed by atoms with Crippen LogP contribution in [0.15, 0.2) is 24.3 Å². The van der Waals surface area contributed by atoms with Crippen LogP contribution in [0.5, 0.6) is 0 Å². The second-order valence-corrected chi connectivity index (χ2v) is 5.75. The predicted molar refractivity (Wildman–Crippen MR) is 87.4 cm³/mol. The predicted octanol–water partition coefficient (Wildman–Crippen LogP) is 2.73. The van der Waals surface area contributed by atoms with Crippen molar-refractivity contribution in [3.05, 3.63) is 30.1 Å². The summed E-state index contributed by atoms with van der Waals surface area (Å²) >= 11 is 0. The summed E-state index contributed by atoms with van der Waals surface area (Å²) in [5, 5.41) is 3.60. The van der Waals surface area contributed by atoms with Gasteiger partial charge in [-0.05, 0) is 25.0 Å². The molecule has 0 aromatic heterocycles. The number of rotatable bonds is 7. The molecule has 0 spiro atoms. The first-order valence-electron chi connectivity index (χ1n) is 8.19. The zero-order valence-corrected chi connectivity index (χ0v) is 13.3. The number of nitrogens with one attached hydrogen (secondary N) is 1.